The fourth-order valence-electron chi connectivity index (χ4n) is 1.71. The largest absolute Gasteiger partial charge is 0.497 e. The van der Waals surface area contributed by atoms with Gasteiger partial charge in [-0.25, -0.2) is 4.68 Å². The van der Waals surface area contributed by atoms with Gasteiger partial charge in [0.2, 0.25) is 0 Å². The lowest BCUT2D eigenvalue weighted by Gasteiger charge is -2.06. The zero-order valence-corrected chi connectivity index (χ0v) is 11.7. The Labute approximate surface area is 117 Å². The van der Waals surface area contributed by atoms with Gasteiger partial charge < -0.3 is 14.6 Å². The van der Waals surface area contributed by atoms with Crippen LogP contribution in [-0.2, 0) is 6.54 Å². The van der Waals surface area contributed by atoms with E-state index in [1.54, 1.807) is 18.0 Å². The van der Waals surface area contributed by atoms with E-state index >= 15 is 0 Å². The van der Waals surface area contributed by atoms with Crippen LogP contribution in [0.25, 0.3) is 0 Å². The SMILES string of the molecule is CCC(O)c1cn(CCOc2ccc(OC)cc2)nn1. The predicted octanol–water partition coefficient (Wildman–Crippen LogP) is 1.81. The number of ether oxygens (including phenoxy) is 2. The summed E-state index contributed by atoms with van der Waals surface area (Å²) in [4.78, 5) is 0. The monoisotopic (exact) mass is 277 g/mol. The lowest BCUT2D eigenvalue weighted by molar-refractivity contribution is 0.168. The molecule has 0 saturated carbocycles. The van der Waals surface area contributed by atoms with Gasteiger partial charge in [0.1, 0.15) is 23.8 Å². The number of aromatic nitrogens is 3. The molecule has 1 heterocycles. The standard InChI is InChI=1S/C14H19N3O3/c1-3-14(18)13-10-17(16-15-13)8-9-20-12-6-4-11(19-2)5-7-12/h4-7,10,14,18H,3,8-9H2,1-2H3. The molecular formula is C14H19N3O3. The van der Waals surface area contributed by atoms with Crippen LogP contribution in [0.4, 0.5) is 0 Å². The van der Waals surface area contributed by atoms with Gasteiger partial charge in [-0.15, -0.1) is 5.10 Å². The van der Waals surface area contributed by atoms with Crippen molar-refractivity contribution in [2.24, 2.45) is 0 Å². The molecule has 2 aromatic rings. The van der Waals surface area contributed by atoms with Crippen LogP contribution in [-0.4, -0.2) is 33.8 Å². The summed E-state index contributed by atoms with van der Waals surface area (Å²) in [5.74, 6) is 1.58. The van der Waals surface area contributed by atoms with Crippen molar-refractivity contribution in [3.8, 4) is 11.5 Å². The van der Waals surface area contributed by atoms with Gasteiger partial charge in [-0.3, -0.25) is 0 Å². The minimum atomic E-state index is -0.550. The van der Waals surface area contributed by atoms with Crippen molar-refractivity contribution in [3.63, 3.8) is 0 Å². The van der Waals surface area contributed by atoms with E-state index in [-0.39, 0.29) is 0 Å². The van der Waals surface area contributed by atoms with E-state index in [1.165, 1.54) is 0 Å². The van der Waals surface area contributed by atoms with Crippen molar-refractivity contribution in [2.45, 2.75) is 26.0 Å². The first-order chi connectivity index (χ1) is 9.72. The van der Waals surface area contributed by atoms with E-state index in [9.17, 15) is 5.11 Å². The Morgan fingerprint density at radius 2 is 1.95 bits per heavy atom. The van der Waals surface area contributed by atoms with Crippen LogP contribution >= 0.6 is 0 Å². The van der Waals surface area contributed by atoms with Crippen LogP contribution in [0.2, 0.25) is 0 Å². The fourth-order valence-corrected chi connectivity index (χ4v) is 1.71. The molecule has 6 nitrogen and oxygen atoms in total. The van der Waals surface area contributed by atoms with Crippen LogP contribution in [0.5, 0.6) is 11.5 Å². The fraction of sp³-hybridized carbons (Fsp3) is 0.429. The highest BCUT2D eigenvalue weighted by molar-refractivity contribution is 5.31. The first-order valence-corrected chi connectivity index (χ1v) is 6.58. The molecule has 1 aromatic carbocycles. The quantitative estimate of drug-likeness (QED) is 0.836. The highest BCUT2D eigenvalue weighted by Crippen LogP contribution is 2.17. The third kappa shape index (κ3) is 3.71. The molecule has 0 aliphatic heterocycles. The van der Waals surface area contributed by atoms with Crippen LogP contribution in [0, 0.1) is 0 Å². The van der Waals surface area contributed by atoms with Crippen molar-refractivity contribution in [1.82, 2.24) is 15.0 Å². The topological polar surface area (TPSA) is 69.4 Å². The Kier molecular flexibility index (Phi) is 4.95. The summed E-state index contributed by atoms with van der Waals surface area (Å²) in [6, 6.07) is 7.40. The summed E-state index contributed by atoms with van der Waals surface area (Å²) in [6.45, 7) is 2.96. The number of aliphatic hydroxyl groups excluding tert-OH is 1. The zero-order chi connectivity index (χ0) is 14.4. The van der Waals surface area contributed by atoms with E-state index in [2.05, 4.69) is 10.3 Å². The second-order valence-corrected chi connectivity index (χ2v) is 4.35. The van der Waals surface area contributed by atoms with Crippen molar-refractivity contribution >= 4 is 0 Å². The molecule has 0 spiro atoms. The molecule has 0 aliphatic carbocycles. The molecule has 6 heteroatoms. The number of aliphatic hydroxyl groups is 1. The summed E-state index contributed by atoms with van der Waals surface area (Å²) in [5.41, 5.74) is 0.594. The summed E-state index contributed by atoms with van der Waals surface area (Å²) in [7, 11) is 1.63. The Hall–Kier alpha value is -2.08. The summed E-state index contributed by atoms with van der Waals surface area (Å²) >= 11 is 0. The first-order valence-electron chi connectivity index (χ1n) is 6.58. The minimum absolute atomic E-state index is 0.483. The zero-order valence-electron chi connectivity index (χ0n) is 11.7. The Balaban J connectivity index is 1.81. The van der Waals surface area contributed by atoms with Gasteiger partial charge in [0.15, 0.2) is 0 Å². The summed E-state index contributed by atoms with van der Waals surface area (Å²) in [5, 5.41) is 17.5. The lowest BCUT2D eigenvalue weighted by Crippen LogP contribution is -2.08. The Bertz CT molecular complexity index is 525. The molecule has 0 aliphatic rings. The van der Waals surface area contributed by atoms with Gasteiger partial charge in [-0.2, -0.15) is 0 Å². The molecule has 2 rings (SSSR count). The molecule has 20 heavy (non-hydrogen) atoms. The summed E-state index contributed by atoms with van der Waals surface area (Å²) in [6.07, 6.45) is 1.82. The second-order valence-electron chi connectivity index (χ2n) is 4.35. The molecule has 0 saturated heterocycles. The molecule has 1 atom stereocenters. The van der Waals surface area contributed by atoms with Gasteiger partial charge in [-0.1, -0.05) is 12.1 Å². The van der Waals surface area contributed by atoms with E-state index < -0.39 is 6.10 Å². The maximum Gasteiger partial charge on any atom is 0.119 e. The highest BCUT2D eigenvalue weighted by atomic mass is 16.5. The first kappa shape index (κ1) is 14.3. The molecular weight excluding hydrogens is 258 g/mol. The second kappa shape index (κ2) is 6.91. The molecule has 0 bridgehead atoms. The molecule has 0 radical (unpaired) electrons. The number of nitrogens with zero attached hydrogens (tertiary/aromatic N) is 3. The van der Waals surface area contributed by atoms with Crippen LogP contribution in [0.1, 0.15) is 25.1 Å². The molecule has 1 aromatic heterocycles. The van der Waals surface area contributed by atoms with Gasteiger partial charge in [0, 0.05) is 0 Å². The predicted molar refractivity (Wildman–Crippen MR) is 73.8 cm³/mol. The third-order valence-electron chi connectivity index (χ3n) is 2.93. The van der Waals surface area contributed by atoms with Crippen LogP contribution < -0.4 is 9.47 Å². The van der Waals surface area contributed by atoms with Crippen molar-refractivity contribution in [2.75, 3.05) is 13.7 Å². The number of benzene rings is 1. The van der Waals surface area contributed by atoms with Crippen molar-refractivity contribution < 1.29 is 14.6 Å². The normalized spacial score (nSPS) is 12.2. The van der Waals surface area contributed by atoms with E-state index in [0.29, 0.717) is 25.3 Å². The average Bonchev–Trinajstić information content (AvgIpc) is 2.96. The molecule has 0 fully saturated rings. The van der Waals surface area contributed by atoms with Gasteiger partial charge in [0.25, 0.3) is 0 Å². The molecule has 0 amide bonds. The van der Waals surface area contributed by atoms with Gasteiger partial charge in [-0.05, 0) is 30.7 Å². The van der Waals surface area contributed by atoms with Crippen LogP contribution in [0.15, 0.2) is 30.5 Å². The maximum atomic E-state index is 9.64. The number of hydrogen-bond acceptors (Lipinski definition) is 5. The highest BCUT2D eigenvalue weighted by Gasteiger charge is 2.09. The molecule has 1 unspecified atom stereocenters. The van der Waals surface area contributed by atoms with Crippen LogP contribution in [0.3, 0.4) is 0 Å². The number of hydrogen-bond donors (Lipinski definition) is 1. The van der Waals surface area contributed by atoms with Crippen molar-refractivity contribution in [1.29, 1.82) is 0 Å². The maximum absolute atomic E-state index is 9.64. The summed E-state index contributed by atoms with van der Waals surface area (Å²) < 4.78 is 12.3. The third-order valence-corrected chi connectivity index (χ3v) is 2.93. The Morgan fingerprint density at radius 3 is 2.60 bits per heavy atom. The van der Waals surface area contributed by atoms with Gasteiger partial charge >= 0.3 is 0 Å². The number of methoxy groups -OCH3 is 1. The smallest absolute Gasteiger partial charge is 0.119 e. The number of rotatable bonds is 7. The Morgan fingerprint density at radius 1 is 1.25 bits per heavy atom. The molecule has 1 N–H and O–H groups in total. The van der Waals surface area contributed by atoms with E-state index in [1.807, 2.05) is 31.2 Å². The average molecular weight is 277 g/mol. The van der Waals surface area contributed by atoms with E-state index in [4.69, 9.17) is 9.47 Å². The van der Waals surface area contributed by atoms with Crippen molar-refractivity contribution in [3.05, 3.63) is 36.2 Å². The van der Waals surface area contributed by atoms with E-state index in [0.717, 1.165) is 11.5 Å². The lowest BCUT2D eigenvalue weighted by atomic mass is 10.2. The van der Waals surface area contributed by atoms with Gasteiger partial charge in [0.05, 0.1) is 26.0 Å². The molecule has 108 valence electrons. The minimum Gasteiger partial charge on any atom is -0.497 e.